The molecule has 0 aliphatic heterocycles. The zero-order valence-corrected chi connectivity index (χ0v) is 16.0. The summed E-state index contributed by atoms with van der Waals surface area (Å²) >= 11 is 0. The van der Waals surface area contributed by atoms with Crippen LogP contribution in [0.4, 0.5) is 0 Å². The molecule has 26 heavy (non-hydrogen) atoms. The Hall–Kier alpha value is -2.17. The monoisotopic (exact) mass is 361 g/mol. The Morgan fingerprint density at radius 2 is 1.46 bits per heavy atom. The quantitative estimate of drug-likeness (QED) is 0.329. The van der Waals surface area contributed by atoms with Crippen LogP contribution in [0, 0.1) is 0 Å². The fourth-order valence-corrected chi connectivity index (χ4v) is 2.75. The number of rotatable bonds is 13. The molecule has 0 saturated carbocycles. The van der Waals surface area contributed by atoms with Crippen LogP contribution in [-0.4, -0.2) is 31.3 Å². The standard InChI is InChI=1S/C21H31NO4/c1-17(23)22-16-15-18-11-13-19(14-12-18)20(24)9-7-5-3-4-6-8-10-21(25)26-2/h11-14H,3-10,15-16H2,1-2H3,(H,22,23). The Balaban J connectivity index is 2.13. The third-order valence-electron chi connectivity index (χ3n) is 4.33. The Morgan fingerprint density at radius 3 is 2.04 bits per heavy atom. The Morgan fingerprint density at radius 1 is 0.885 bits per heavy atom. The predicted octanol–water partition coefficient (Wildman–Crippen LogP) is 3.84. The molecule has 0 aliphatic rings. The first kappa shape index (κ1) is 21.9. The lowest BCUT2D eigenvalue weighted by molar-refractivity contribution is -0.140. The van der Waals surface area contributed by atoms with Crippen LogP contribution in [0.5, 0.6) is 0 Å². The maximum Gasteiger partial charge on any atom is 0.305 e. The van der Waals surface area contributed by atoms with E-state index in [0.717, 1.165) is 56.1 Å². The molecule has 5 heteroatoms. The maximum atomic E-state index is 12.2. The highest BCUT2D eigenvalue weighted by molar-refractivity contribution is 5.96. The third kappa shape index (κ3) is 9.97. The van der Waals surface area contributed by atoms with Crippen LogP contribution in [-0.2, 0) is 20.7 Å². The van der Waals surface area contributed by atoms with Crippen LogP contribution in [0.1, 0.15) is 74.2 Å². The van der Waals surface area contributed by atoms with Gasteiger partial charge in [0.15, 0.2) is 5.78 Å². The van der Waals surface area contributed by atoms with Crippen molar-refractivity contribution in [2.45, 2.75) is 64.7 Å². The summed E-state index contributed by atoms with van der Waals surface area (Å²) in [4.78, 5) is 34.0. The van der Waals surface area contributed by atoms with Gasteiger partial charge in [-0.25, -0.2) is 0 Å². The summed E-state index contributed by atoms with van der Waals surface area (Å²) in [5.41, 5.74) is 1.87. The largest absolute Gasteiger partial charge is 0.469 e. The lowest BCUT2D eigenvalue weighted by atomic mass is 10.0. The van der Waals surface area contributed by atoms with Gasteiger partial charge in [-0.05, 0) is 24.8 Å². The van der Waals surface area contributed by atoms with Crippen molar-refractivity contribution in [3.8, 4) is 0 Å². The van der Waals surface area contributed by atoms with Crippen LogP contribution in [0.15, 0.2) is 24.3 Å². The maximum absolute atomic E-state index is 12.2. The molecule has 0 unspecified atom stereocenters. The van der Waals surface area contributed by atoms with Crippen molar-refractivity contribution in [1.82, 2.24) is 5.32 Å². The van der Waals surface area contributed by atoms with E-state index in [-0.39, 0.29) is 17.7 Å². The van der Waals surface area contributed by atoms with E-state index in [0.29, 0.717) is 19.4 Å². The highest BCUT2D eigenvalue weighted by Gasteiger charge is 2.06. The molecule has 1 aromatic rings. The van der Waals surface area contributed by atoms with Crippen LogP contribution >= 0.6 is 0 Å². The van der Waals surface area contributed by atoms with Crippen LogP contribution in [0.25, 0.3) is 0 Å². The summed E-state index contributed by atoms with van der Waals surface area (Å²) in [6.07, 6.45) is 7.87. The Bertz CT molecular complexity index is 566. The Labute approximate surface area is 156 Å². The molecule has 0 bridgehead atoms. The first-order valence-corrected chi connectivity index (χ1v) is 9.46. The molecule has 0 radical (unpaired) electrons. The van der Waals surface area contributed by atoms with E-state index in [2.05, 4.69) is 10.1 Å². The number of hydrogen-bond acceptors (Lipinski definition) is 4. The van der Waals surface area contributed by atoms with Gasteiger partial charge in [0.2, 0.25) is 5.91 Å². The van der Waals surface area contributed by atoms with Crippen molar-refractivity contribution < 1.29 is 19.1 Å². The number of ketones is 1. The molecule has 1 rings (SSSR count). The van der Waals surface area contributed by atoms with E-state index in [1.54, 1.807) is 0 Å². The highest BCUT2D eigenvalue weighted by atomic mass is 16.5. The van der Waals surface area contributed by atoms with Crippen LogP contribution < -0.4 is 5.32 Å². The average Bonchev–Trinajstić information content (AvgIpc) is 2.63. The zero-order chi connectivity index (χ0) is 19.2. The number of ether oxygens (including phenoxy) is 1. The van der Waals surface area contributed by atoms with Crippen LogP contribution in [0.2, 0.25) is 0 Å². The number of carbonyl (C=O) groups is 3. The Kier molecular flexibility index (Phi) is 11.0. The van der Waals surface area contributed by atoms with E-state index in [9.17, 15) is 14.4 Å². The molecule has 144 valence electrons. The molecular formula is C21H31NO4. The summed E-state index contributed by atoms with van der Waals surface area (Å²) in [7, 11) is 1.42. The van der Waals surface area contributed by atoms with Crippen molar-refractivity contribution in [2.24, 2.45) is 0 Å². The van der Waals surface area contributed by atoms with Gasteiger partial charge >= 0.3 is 5.97 Å². The number of hydrogen-bond donors (Lipinski definition) is 1. The molecular weight excluding hydrogens is 330 g/mol. The van der Waals surface area contributed by atoms with Crippen molar-refractivity contribution in [3.63, 3.8) is 0 Å². The number of carbonyl (C=O) groups excluding carboxylic acids is 3. The summed E-state index contributed by atoms with van der Waals surface area (Å²) in [5.74, 6) is 0.0149. The number of unbranched alkanes of at least 4 members (excludes halogenated alkanes) is 5. The smallest absolute Gasteiger partial charge is 0.305 e. The van der Waals surface area contributed by atoms with Crippen molar-refractivity contribution in [3.05, 3.63) is 35.4 Å². The van der Waals surface area contributed by atoms with E-state index < -0.39 is 0 Å². The average molecular weight is 361 g/mol. The molecule has 0 heterocycles. The fraction of sp³-hybridized carbons (Fsp3) is 0.571. The zero-order valence-electron chi connectivity index (χ0n) is 16.0. The second-order valence-electron chi connectivity index (χ2n) is 6.55. The van der Waals surface area contributed by atoms with E-state index in [1.807, 2.05) is 24.3 Å². The van der Waals surface area contributed by atoms with E-state index >= 15 is 0 Å². The predicted molar refractivity (Wildman–Crippen MR) is 102 cm³/mol. The van der Waals surface area contributed by atoms with Gasteiger partial charge in [0.05, 0.1) is 7.11 Å². The molecule has 0 atom stereocenters. The second kappa shape index (κ2) is 13.1. The molecule has 1 aromatic carbocycles. The minimum Gasteiger partial charge on any atom is -0.469 e. The number of Topliss-reactive ketones (excluding diaryl/α,β-unsaturated/α-hetero) is 1. The van der Waals surface area contributed by atoms with E-state index in [1.165, 1.54) is 14.0 Å². The van der Waals surface area contributed by atoms with Crippen molar-refractivity contribution in [2.75, 3.05) is 13.7 Å². The third-order valence-corrected chi connectivity index (χ3v) is 4.33. The van der Waals surface area contributed by atoms with Crippen LogP contribution in [0.3, 0.4) is 0 Å². The molecule has 0 fully saturated rings. The number of nitrogens with one attached hydrogen (secondary N) is 1. The molecule has 1 N–H and O–H groups in total. The van der Waals surface area contributed by atoms with Gasteiger partial charge < -0.3 is 10.1 Å². The van der Waals surface area contributed by atoms with Gasteiger partial charge in [0, 0.05) is 31.9 Å². The second-order valence-corrected chi connectivity index (χ2v) is 6.55. The first-order chi connectivity index (χ1) is 12.5. The van der Waals surface area contributed by atoms with Gasteiger partial charge in [-0.2, -0.15) is 0 Å². The van der Waals surface area contributed by atoms with E-state index in [4.69, 9.17) is 0 Å². The van der Waals surface area contributed by atoms with Crippen molar-refractivity contribution >= 4 is 17.7 Å². The molecule has 0 aromatic heterocycles. The minimum atomic E-state index is -0.142. The molecule has 0 spiro atoms. The summed E-state index contributed by atoms with van der Waals surface area (Å²) < 4.78 is 4.61. The lowest BCUT2D eigenvalue weighted by Crippen LogP contribution is -2.22. The van der Waals surface area contributed by atoms with Gasteiger partial charge in [-0.15, -0.1) is 0 Å². The van der Waals surface area contributed by atoms with Gasteiger partial charge in [-0.3, -0.25) is 14.4 Å². The summed E-state index contributed by atoms with van der Waals surface area (Å²) in [5, 5.41) is 2.76. The normalized spacial score (nSPS) is 10.4. The summed E-state index contributed by atoms with van der Waals surface area (Å²) in [6.45, 7) is 2.12. The molecule has 0 aliphatic carbocycles. The van der Waals surface area contributed by atoms with Crippen molar-refractivity contribution in [1.29, 1.82) is 0 Å². The molecule has 1 amide bonds. The summed E-state index contributed by atoms with van der Waals surface area (Å²) in [6, 6.07) is 7.66. The lowest BCUT2D eigenvalue weighted by Gasteiger charge is -2.05. The topological polar surface area (TPSA) is 72.5 Å². The number of amides is 1. The molecule has 5 nitrogen and oxygen atoms in total. The highest BCUT2D eigenvalue weighted by Crippen LogP contribution is 2.13. The SMILES string of the molecule is COC(=O)CCCCCCCCC(=O)c1ccc(CCNC(C)=O)cc1. The number of methoxy groups -OCH3 is 1. The molecule has 0 saturated heterocycles. The van der Waals surface area contributed by atoms with Gasteiger partial charge in [-0.1, -0.05) is 49.9 Å². The fourth-order valence-electron chi connectivity index (χ4n) is 2.75. The first-order valence-electron chi connectivity index (χ1n) is 9.46. The van der Waals surface area contributed by atoms with Gasteiger partial charge in [0.1, 0.15) is 0 Å². The minimum absolute atomic E-state index is 0.0275. The van der Waals surface area contributed by atoms with Gasteiger partial charge in [0.25, 0.3) is 0 Å². The number of esters is 1. The number of benzene rings is 1.